The Bertz CT molecular complexity index is 405. The molecular formula is C12H15ClO4. The summed E-state index contributed by atoms with van der Waals surface area (Å²) in [4.78, 5) is 10.7. The second-order valence-electron chi connectivity index (χ2n) is 3.88. The van der Waals surface area contributed by atoms with Crippen LogP contribution in [-0.4, -0.2) is 23.3 Å². The van der Waals surface area contributed by atoms with Gasteiger partial charge in [-0.15, -0.1) is 0 Å². The molecule has 1 aromatic rings. The number of hydrogen-bond acceptors (Lipinski definition) is 3. The number of carboxylic acids is 1. The van der Waals surface area contributed by atoms with Crippen LogP contribution in [0.25, 0.3) is 0 Å². The fourth-order valence-corrected chi connectivity index (χ4v) is 1.73. The zero-order valence-corrected chi connectivity index (χ0v) is 10.4. The summed E-state index contributed by atoms with van der Waals surface area (Å²) >= 11 is 5.92. The van der Waals surface area contributed by atoms with Gasteiger partial charge in [0.25, 0.3) is 0 Å². The van der Waals surface area contributed by atoms with Crippen molar-refractivity contribution in [2.75, 3.05) is 7.11 Å². The third-order valence-corrected chi connectivity index (χ3v) is 2.85. The highest BCUT2D eigenvalue weighted by atomic mass is 35.5. The lowest BCUT2D eigenvalue weighted by Gasteiger charge is -2.14. The van der Waals surface area contributed by atoms with Crippen molar-refractivity contribution in [2.24, 2.45) is 5.92 Å². The lowest BCUT2D eigenvalue weighted by Crippen LogP contribution is -2.13. The van der Waals surface area contributed by atoms with E-state index < -0.39 is 18.0 Å². The summed E-state index contributed by atoms with van der Waals surface area (Å²) in [5.41, 5.74) is 0.587. The van der Waals surface area contributed by atoms with Gasteiger partial charge in [0, 0.05) is 0 Å². The van der Waals surface area contributed by atoms with Crippen molar-refractivity contribution in [2.45, 2.75) is 19.4 Å². The van der Waals surface area contributed by atoms with Gasteiger partial charge < -0.3 is 14.9 Å². The Morgan fingerprint density at radius 1 is 1.53 bits per heavy atom. The molecule has 0 spiro atoms. The molecule has 17 heavy (non-hydrogen) atoms. The van der Waals surface area contributed by atoms with E-state index in [2.05, 4.69) is 0 Å². The Morgan fingerprint density at radius 2 is 2.18 bits per heavy atom. The molecule has 94 valence electrons. The quantitative estimate of drug-likeness (QED) is 0.852. The second-order valence-corrected chi connectivity index (χ2v) is 4.29. The lowest BCUT2D eigenvalue weighted by atomic mass is 9.98. The molecule has 0 radical (unpaired) electrons. The summed E-state index contributed by atoms with van der Waals surface area (Å²) in [5, 5.41) is 19.0. The van der Waals surface area contributed by atoms with Crippen molar-refractivity contribution in [3.63, 3.8) is 0 Å². The minimum Gasteiger partial charge on any atom is -0.495 e. The van der Waals surface area contributed by atoms with E-state index >= 15 is 0 Å². The van der Waals surface area contributed by atoms with Crippen LogP contribution in [0.3, 0.4) is 0 Å². The minimum absolute atomic E-state index is 0.151. The van der Waals surface area contributed by atoms with Crippen molar-refractivity contribution in [3.8, 4) is 5.75 Å². The van der Waals surface area contributed by atoms with Crippen LogP contribution in [-0.2, 0) is 4.79 Å². The number of halogens is 1. The topological polar surface area (TPSA) is 66.8 Å². The van der Waals surface area contributed by atoms with E-state index in [0.717, 1.165) is 0 Å². The molecule has 2 N–H and O–H groups in total. The number of carbonyl (C=O) groups is 1. The number of benzene rings is 1. The number of aliphatic carboxylic acids is 1. The molecule has 2 atom stereocenters. The van der Waals surface area contributed by atoms with Crippen molar-refractivity contribution < 1.29 is 19.7 Å². The number of aliphatic hydroxyl groups excluding tert-OH is 1. The van der Waals surface area contributed by atoms with Crippen LogP contribution in [0.4, 0.5) is 0 Å². The van der Waals surface area contributed by atoms with E-state index in [0.29, 0.717) is 16.3 Å². The van der Waals surface area contributed by atoms with Gasteiger partial charge in [0.15, 0.2) is 0 Å². The standard InChI is InChI=1S/C12H15ClO4/c1-7(12(15)16)5-10(14)8-3-4-11(17-2)9(13)6-8/h3-4,6-7,10,14H,5H2,1-2H3,(H,15,16). The van der Waals surface area contributed by atoms with Gasteiger partial charge in [0.1, 0.15) is 5.75 Å². The van der Waals surface area contributed by atoms with Gasteiger partial charge in [0.05, 0.1) is 24.2 Å². The zero-order chi connectivity index (χ0) is 13.0. The first-order chi connectivity index (χ1) is 7.95. The van der Waals surface area contributed by atoms with Crippen LogP contribution < -0.4 is 4.74 Å². The molecule has 0 fully saturated rings. The van der Waals surface area contributed by atoms with E-state index in [1.165, 1.54) is 7.11 Å². The van der Waals surface area contributed by atoms with Gasteiger partial charge >= 0.3 is 5.97 Å². The number of methoxy groups -OCH3 is 1. The van der Waals surface area contributed by atoms with Crippen molar-refractivity contribution in [1.82, 2.24) is 0 Å². The molecule has 0 heterocycles. The molecule has 0 saturated heterocycles. The van der Waals surface area contributed by atoms with E-state index in [9.17, 15) is 9.90 Å². The Kier molecular flexibility index (Phi) is 4.78. The van der Waals surface area contributed by atoms with E-state index in [-0.39, 0.29) is 6.42 Å². The molecule has 5 heteroatoms. The fraction of sp³-hybridized carbons (Fsp3) is 0.417. The Hall–Kier alpha value is -1.26. The Balaban J connectivity index is 2.79. The minimum atomic E-state index is -0.927. The molecule has 0 aromatic heterocycles. The average Bonchev–Trinajstić information content (AvgIpc) is 2.28. The number of aliphatic hydroxyl groups is 1. The highest BCUT2D eigenvalue weighted by Crippen LogP contribution is 2.29. The molecule has 0 aliphatic rings. The SMILES string of the molecule is COc1ccc(C(O)CC(C)C(=O)O)cc1Cl. The summed E-state index contributed by atoms with van der Waals surface area (Å²) in [7, 11) is 1.50. The maximum atomic E-state index is 10.7. The summed E-state index contributed by atoms with van der Waals surface area (Å²) in [6.07, 6.45) is -0.692. The third-order valence-electron chi connectivity index (χ3n) is 2.56. The first kappa shape index (κ1) is 13.8. The van der Waals surface area contributed by atoms with Crippen LogP contribution in [0, 0.1) is 5.92 Å². The normalized spacial score (nSPS) is 14.1. The average molecular weight is 259 g/mol. The van der Waals surface area contributed by atoms with Gasteiger partial charge in [-0.1, -0.05) is 24.6 Å². The number of hydrogen-bond donors (Lipinski definition) is 2. The van der Waals surface area contributed by atoms with Crippen LogP contribution in [0.1, 0.15) is 25.0 Å². The van der Waals surface area contributed by atoms with Crippen molar-refractivity contribution >= 4 is 17.6 Å². The smallest absolute Gasteiger partial charge is 0.306 e. The second kappa shape index (κ2) is 5.89. The first-order valence-electron chi connectivity index (χ1n) is 5.20. The first-order valence-corrected chi connectivity index (χ1v) is 5.57. The Morgan fingerprint density at radius 3 is 2.65 bits per heavy atom. The molecule has 4 nitrogen and oxygen atoms in total. The highest BCUT2D eigenvalue weighted by Gasteiger charge is 2.18. The molecule has 0 aliphatic carbocycles. The number of rotatable bonds is 5. The molecule has 0 saturated carbocycles. The number of carboxylic acid groups (broad SMARTS) is 1. The lowest BCUT2D eigenvalue weighted by molar-refractivity contribution is -0.142. The summed E-state index contributed by atoms with van der Waals surface area (Å²) in [5.74, 6) is -1.01. The van der Waals surface area contributed by atoms with E-state index in [1.54, 1.807) is 25.1 Å². The van der Waals surface area contributed by atoms with Gasteiger partial charge in [-0.05, 0) is 24.1 Å². The predicted octanol–water partition coefficient (Wildman–Crippen LogP) is 2.49. The molecule has 1 aromatic carbocycles. The zero-order valence-electron chi connectivity index (χ0n) is 9.68. The predicted molar refractivity (Wildman–Crippen MR) is 64.4 cm³/mol. The summed E-state index contributed by atoms with van der Waals surface area (Å²) < 4.78 is 4.99. The van der Waals surface area contributed by atoms with Crippen LogP contribution in [0.2, 0.25) is 5.02 Å². The molecule has 2 unspecified atom stereocenters. The molecular weight excluding hydrogens is 244 g/mol. The van der Waals surface area contributed by atoms with Gasteiger partial charge in [-0.2, -0.15) is 0 Å². The van der Waals surface area contributed by atoms with Crippen LogP contribution in [0.15, 0.2) is 18.2 Å². The van der Waals surface area contributed by atoms with E-state index in [4.69, 9.17) is 21.4 Å². The maximum absolute atomic E-state index is 10.7. The summed E-state index contributed by atoms with van der Waals surface area (Å²) in [6.45, 7) is 1.55. The fourth-order valence-electron chi connectivity index (χ4n) is 1.46. The number of ether oxygens (including phenoxy) is 1. The van der Waals surface area contributed by atoms with Gasteiger partial charge in [-0.3, -0.25) is 4.79 Å². The van der Waals surface area contributed by atoms with Crippen molar-refractivity contribution in [3.05, 3.63) is 28.8 Å². The van der Waals surface area contributed by atoms with Crippen molar-refractivity contribution in [1.29, 1.82) is 0 Å². The van der Waals surface area contributed by atoms with Crippen LogP contribution in [0.5, 0.6) is 5.75 Å². The summed E-state index contributed by atoms with van der Waals surface area (Å²) in [6, 6.07) is 4.90. The molecule has 0 aliphatic heterocycles. The largest absolute Gasteiger partial charge is 0.495 e. The molecule has 0 bridgehead atoms. The monoisotopic (exact) mass is 258 g/mol. The van der Waals surface area contributed by atoms with Crippen LogP contribution >= 0.6 is 11.6 Å². The third kappa shape index (κ3) is 3.61. The highest BCUT2D eigenvalue weighted by molar-refractivity contribution is 6.32. The maximum Gasteiger partial charge on any atom is 0.306 e. The Labute approximate surface area is 105 Å². The van der Waals surface area contributed by atoms with Gasteiger partial charge in [-0.25, -0.2) is 0 Å². The molecule has 0 amide bonds. The molecule has 1 rings (SSSR count). The van der Waals surface area contributed by atoms with Gasteiger partial charge in [0.2, 0.25) is 0 Å². The van der Waals surface area contributed by atoms with E-state index in [1.807, 2.05) is 0 Å².